The van der Waals surface area contributed by atoms with E-state index in [9.17, 15) is 9.50 Å². The molecule has 88 valence electrons. The molecule has 1 aliphatic rings. The SMILES string of the molecule is OC1CCOCC1Cc1ccc(Br)cc1F. The van der Waals surface area contributed by atoms with Crippen molar-refractivity contribution in [2.75, 3.05) is 13.2 Å². The van der Waals surface area contributed by atoms with Crippen molar-refractivity contribution in [1.82, 2.24) is 0 Å². The Kier molecular flexibility index (Phi) is 3.95. The van der Waals surface area contributed by atoms with E-state index in [-0.39, 0.29) is 17.8 Å². The lowest BCUT2D eigenvalue weighted by Gasteiger charge is -2.27. The van der Waals surface area contributed by atoms with Crippen LogP contribution in [0.4, 0.5) is 4.39 Å². The van der Waals surface area contributed by atoms with E-state index in [1.165, 1.54) is 6.07 Å². The van der Waals surface area contributed by atoms with E-state index in [0.717, 1.165) is 4.47 Å². The van der Waals surface area contributed by atoms with Crippen LogP contribution in [0.15, 0.2) is 22.7 Å². The lowest BCUT2D eigenvalue weighted by atomic mass is 9.91. The van der Waals surface area contributed by atoms with E-state index in [2.05, 4.69) is 15.9 Å². The molecule has 2 nitrogen and oxygen atoms in total. The van der Waals surface area contributed by atoms with Crippen LogP contribution in [-0.2, 0) is 11.2 Å². The molecule has 2 atom stereocenters. The predicted octanol–water partition coefficient (Wildman–Crippen LogP) is 2.53. The van der Waals surface area contributed by atoms with Gasteiger partial charge in [0.25, 0.3) is 0 Å². The molecule has 1 saturated heterocycles. The quantitative estimate of drug-likeness (QED) is 0.906. The lowest BCUT2D eigenvalue weighted by Crippen LogP contribution is -2.33. The lowest BCUT2D eigenvalue weighted by molar-refractivity contribution is -0.0352. The highest BCUT2D eigenvalue weighted by Gasteiger charge is 2.24. The van der Waals surface area contributed by atoms with Crippen LogP contribution in [0, 0.1) is 11.7 Å². The van der Waals surface area contributed by atoms with Crippen LogP contribution in [0.3, 0.4) is 0 Å². The van der Waals surface area contributed by atoms with Gasteiger partial charge in [0.1, 0.15) is 5.82 Å². The summed E-state index contributed by atoms with van der Waals surface area (Å²) in [5, 5.41) is 9.76. The van der Waals surface area contributed by atoms with Gasteiger partial charge in [-0.3, -0.25) is 0 Å². The number of rotatable bonds is 2. The van der Waals surface area contributed by atoms with Gasteiger partial charge in [0.05, 0.1) is 12.7 Å². The number of benzene rings is 1. The van der Waals surface area contributed by atoms with Crippen LogP contribution in [0.5, 0.6) is 0 Å². The van der Waals surface area contributed by atoms with E-state index in [1.54, 1.807) is 6.07 Å². The third-order valence-electron chi connectivity index (χ3n) is 2.93. The third kappa shape index (κ3) is 2.81. The molecule has 1 heterocycles. The molecule has 1 aromatic carbocycles. The Morgan fingerprint density at radius 1 is 1.50 bits per heavy atom. The molecule has 0 spiro atoms. The third-order valence-corrected chi connectivity index (χ3v) is 3.42. The molecule has 0 bridgehead atoms. The second-order valence-electron chi connectivity index (χ2n) is 4.13. The smallest absolute Gasteiger partial charge is 0.127 e. The van der Waals surface area contributed by atoms with Crippen LogP contribution in [0.25, 0.3) is 0 Å². The molecule has 1 N–H and O–H groups in total. The summed E-state index contributed by atoms with van der Waals surface area (Å²) in [6.07, 6.45) is 0.792. The highest BCUT2D eigenvalue weighted by Crippen LogP contribution is 2.23. The first-order valence-electron chi connectivity index (χ1n) is 5.36. The Labute approximate surface area is 103 Å². The summed E-state index contributed by atoms with van der Waals surface area (Å²) in [6.45, 7) is 1.11. The van der Waals surface area contributed by atoms with Gasteiger partial charge >= 0.3 is 0 Å². The molecule has 0 aliphatic carbocycles. The van der Waals surface area contributed by atoms with Crippen LogP contribution in [0.2, 0.25) is 0 Å². The molecule has 0 amide bonds. The molecule has 4 heteroatoms. The van der Waals surface area contributed by atoms with Crippen molar-refractivity contribution >= 4 is 15.9 Å². The maximum atomic E-state index is 13.6. The molecule has 2 rings (SSSR count). The van der Waals surface area contributed by atoms with E-state index < -0.39 is 0 Å². The number of aliphatic hydroxyl groups is 1. The van der Waals surface area contributed by atoms with Gasteiger partial charge in [-0.2, -0.15) is 0 Å². The van der Waals surface area contributed by atoms with E-state index in [4.69, 9.17) is 4.74 Å². The van der Waals surface area contributed by atoms with Crippen LogP contribution < -0.4 is 0 Å². The van der Waals surface area contributed by atoms with Crippen molar-refractivity contribution < 1.29 is 14.2 Å². The molecule has 1 fully saturated rings. The minimum Gasteiger partial charge on any atom is -0.393 e. The summed E-state index contributed by atoms with van der Waals surface area (Å²) in [5.74, 6) is -0.225. The molecular weight excluding hydrogens is 275 g/mol. The zero-order chi connectivity index (χ0) is 11.5. The number of hydrogen-bond donors (Lipinski definition) is 1. The van der Waals surface area contributed by atoms with Crippen molar-refractivity contribution in [3.05, 3.63) is 34.1 Å². The molecule has 0 radical (unpaired) electrons. The molecule has 1 aliphatic heterocycles. The summed E-state index contributed by atoms with van der Waals surface area (Å²) < 4.78 is 19.6. The molecule has 1 aromatic rings. The van der Waals surface area contributed by atoms with Gasteiger partial charge in [0.2, 0.25) is 0 Å². The number of ether oxygens (including phenoxy) is 1. The highest BCUT2D eigenvalue weighted by atomic mass is 79.9. The molecule has 2 unspecified atom stereocenters. The minimum atomic E-state index is -0.378. The monoisotopic (exact) mass is 288 g/mol. The van der Waals surface area contributed by atoms with Crippen LogP contribution >= 0.6 is 15.9 Å². The van der Waals surface area contributed by atoms with Crippen molar-refractivity contribution in [2.45, 2.75) is 18.9 Å². The number of halogens is 2. The zero-order valence-electron chi connectivity index (χ0n) is 8.83. The van der Waals surface area contributed by atoms with Crippen molar-refractivity contribution in [2.24, 2.45) is 5.92 Å². The van der Waals surface area contributed by atoms with E-state index >= 15 is 0 Å². The zero-order valence-corrected chi connectivity index (χ0v) is 10.4. The summed E-state index contributed by atoms with van der Waals surface area (Å²) in [6, 6.07) is 5.01. The standard InChI is InChI=1S/C12H14BrFO2/c13-10-2-1-8(11(14)6-10)5-9-7-16-4-3-12(9)15/h1-2,6,9,12,15H,3-5,7H2. The normalized spacial score (nSPS) is 25.7. The first-order valence-corrected chi connectivity index (χ1v) is 6.16. The summed E-state index contributed by atoms with van der Waals surface area (Å²) in [7, 11) is 0. The van der Waals surface area contributed by atoms with E-state index in [1.807, 2.05) is 6.07 Å². The fourth-order valence-electron chi connectivity index (χ4n) is 1.95. The fraction of sp³-hybridized carbons (Fsp3) is 0.500. The molecule has 16 heavy (non-hydrogen) atoms. The van der Waals surface area contributed by atoms with Gasteiger partial charge in [-0.25, -0.2) is 4.39 Å². The Balaban J connectivity index is 2.07. The average molecular weight is 289 g/mol. The fourth-order valence-corrected chi connectivity index (χ4v) is 2.28. The Bertz CT molecular complexity index is 370. The van der Waals surface area contributed by atoms with Gasteiger partial charge in [0, 0.05) is 17.0 Å². The summed E-state index contributed by atoms with van der Waals surface area (Å²) in [4.78, 5) is 0. The first kappa shape index (κ1) is 12.0. The maximum absolute atomic E-state index is 13.6. The number of aliphatic hydroxyl groups excluding tert-OH is 1. The van der Waals surface area contributed by atoms with Crippen LogP contribution in [0.1, 0.15) is 12.0 Å². The van der Waals surface area contributed by atoms with Crippen LogP contribution in [-0.4, -0.2) is 24.4 Å². The number of hydrogen-bond acceptors (Lipinski definition) is 2. The predicted molar refractivity (Wildman–Crippen MR) is 62.7 cm³/mol. The van der Waals surface area contributed by atoms with Gasteiger partial charge in [-0.05, 0) is 30.5 Å². The highest BCUT2D eigenvalue weighted by molar-refractivity contribution is 9.10. The van der Waals surface area contributed by atoms with Crippen molar-refractivity contribution in [3.63, 3.8) is 0 Å². The summed E-state index contributed by atoms with van der Waals surface area (Å²) >= 11 is 3.22. The van der Waals surface area contributed by atoms with E-state index in [0.29, 0.717) is 31.6 Å². The second-order valence-corrected chi connectivity index (χ2v) is 5.05. The van der Waals surface area contributed by atoms with Crippen molar-refractivity contribution in [3.8, 4) is 0 Å². The Hall–Kier alpha value is -0.450. The molecular formula is C12H14BrFO2. The van der Waals surface area contributed by atoms with Gasteiger partial charge in [-0.15, -0.1) is 0 Å². The Morgan fingerprint density at radius 2 is 2.31 bits per heavy atom. The average Bonchev–Trinajstić information content (AvgIpc) is 2.25. The Morgan fingerprint density at radius 3 is 3.00 bits per heavy atom. The van der Waals surface area contributed by atoms with Crippen molar-refractivity contribution in [1.29, 1.82) is 0 Å². The second kappa shape index (κ2) is 5.25. The minimum absolute atomic E-state index is 0.00410. The largest absolute Gasteiger partial charge is 0.393 e. The molecule has 0 aromatic heterocycles. The first-order chi connectivity index (χ1) is 7.66. The van der Waals surface area contributed by atoms with Gasteiger partial charge in [-0.1, -0.05) is 22.0 Å². The molecule has 0 saturated carbocycles. The van der Waals surface area contributed by atoms with Gasteiger partial charge < -0.3 is 9.84 Å². The van der Waals surface area contributed by atoms with Gasteiger partial charge in [0.15, 0.2) is 0 Å². The summed E-state index contributed by atoms with van der Waals surface area (Å²) in [5.41, 5.74) is 0.637. The topological polar surface area (TPSA) is 29.5 Å². The maximum Gasteiger partial charge on any atom is 0.127 e.